The predicted octanol–water partition coefficient (Wildman–Crippen LogP) is 5.11. The number of nitrogens with zero attached hydrogens (tertiary/aromatic N) is 3. The zero-order valence-electron chi connectivity index (χ0n) is 15.1. The van der Waals surface area contributed by atoms with Crippen molar-refractivity contribution in [3.63, 3.8) is 0 Å². The molecule has 0 unspecified atom stereocenters. The zero-order chi connectivity index (χ0) is 21.2. The summed E-state index contributed by atoms with van der Waals surface area (Å²) in [4.78, 5) is 16.0. The Balaban J connectivity index is 1.72. The van der Waals surface area contributed by atoms with E-state index in [4.69, 9.17) is 0 Å². The van der Waals surface area contributed by atoms with Crippen molar-refractivity contribution in [1.29, 1.82) is 0 Å². The molecule has 0 bridgehead atoms. The number of thiazole rings is 1. The molecule has 29 heavy (non-hydrogen) atoms. The number of anilines is 1. The van der Waals surface area contributed by atoms with Gasteiger partial charge in [0.15, 0.2) is 5.01 Å². The minimum atomic E-state index is -4.66. The molecule has 2 aromatic heterocycles. The van der Waals surface area contributed by atoms with Gasteiger partial charge in [0.05, 0.1) is 4.88 Å². The van der Waals surface area contributed by atoms with Crippen LogP contribution in [0, 0.1) is 5.41 Å². The first-order valence-corrected chi connectivity index (χ1v) is 9.74. The fourth-order valence-electron chi connectivity index (χ4n) is 3.46. The van der Waals surface area contributed by atoms with Crippen LogP contribution in [0.4, 0.5) is 32.2 Å². The maximum absolute atomic E-state index is 13.3. The second-order valence-corrected chi connectivity index (χ2v) is 8.45. The first-order chi connectivity index (χ1) is 13.4. The molecular weight excluding hydrogens is 422 g/mol. The second kappa shape index (κ2) is 6.44. The number of rotatable bonds is 4. The van der Waals surface area contributed by atoms with Crippen molar-refractivity contribution < 1.29 is 31.1 Å². The topological polar surface area (TPSA) is 59.8 Å². The number of amides is 1. The van der Waals surface area contributed by atoms with Crippen LogP contribution < -0.4 is 5.32 Å². The number of nitrogens with one attached hydrogen (secondary N) is 1. The molecule has 5 nitrogen and oxygen atoms in total. The Kier molecular flexibility index (Phi) is 4.48. The molecule has 2 fully saturated rings. The third-order valence-corrected chi connectivity index (χ3v) is 6.59. The van der Waals surface area contributed by atoms with Crippen LogP contribution in [-0.2, 0) is 18.0 Å². The fraction of sp³-hybridized carbons (Fsp3) is 0.588. The van der Waals surface area contributed by atoms with Gasteiger partial charge >= 0.3 is 12.4 Å². The van der Waals surface area contributed by atoms with E-state index < -0.39 is 28.7 Å². The number of hydrogen-bond donors (Lipinski definition) is 1. The summed E-state index contributed by atoms with van der Waals surface area (Å²) in [5.74, 6) is -1.14. The Hall–Kier alpha value is -2.11. The van der Waals surface area contributed by atoms with E-state index in [1.807, 2.05) is 0 Å². The van der Waals surface area contributed by atoms with Crippen molar-refractivity contribution in [1.82, 2.24) is 14.8 Å². The summed E-state index contributed by atoms with van der Waals surface area (Å²) in [6.45, 7) is 0. The third-order valence-electron chi connectivity index (χ3n) is 5.54. The standard InChI is InChI=1S/C17H16F6N4OS/c1-27-12(25-13(28)15(5-6-15)17(21,22)23)10(8-3-2-4-8)11(26-27)9-7-24-14(29-9)16(18,19)20/h7-8H,2-6H2,1H3,(H,25,28). The van der Waals surface area contributed by atoms with Gasteiger partial charge in [-0.3, -0.25) is 9.48 Å². The monoisotopic (exact) mass is 438 g/mol. The van der Waals surface area contributed by atoms with Crippen LogP contribution in [0.1, 0.15) is 48.6 Å². The number of aryl methyl sites for hydroxylation is 1. The summed E-state index contributed by atoms with van der Waals surface area (Å²) in [6, 6.07) is 0. The SMILES string of the molecule is Cn1nc(-c2cnc(C(F)(F)F)s2)c(C2CCC2)c1NC(=O)C1(C(F)(F)F)CC1. The van der Waals surface area contributed by atoms with E-state index in [2.05, 4.69) is 15.4 Å². The molecular formula is C17H16F6N4OS. The molecule has 0 spiro atoms. The van der Waals surface area contributed by atoms with Gasteiger partial charge in [0.2, 0.25) is 5.91 Å². The molecule has 2 saturated carbocycles. The Morgan fingerprint density at radius 3 is 2.34 bits per heavy atom. The largest absolute Gasteiger partial charge is 0.443 e. The van der Waals surface area contributed by atoms with Crippen LogP contribution in [0.2, 0.25) is 0 Å². The van der Waals surface area contributed by atoms with Crippen LogP contribution in [0.5, 0.6) is 0 Å². The highest BCUT2D eigenvalue weighted by atomic mass is 32.1. The average molecular weight is 438 g/mol. The first-order valence-electron chi connectivity index (χ1n) is 8.92. The lowest BCUT2D eigenvalue weighted by Crippen LogP contribution is -2.37. The molecule has 0 atom stereocenters. The summed E-state index contributed by atoms with van der Waals surface area (Å²) in [5.41, 5.74) is -1.71. The molecule has 12 heteroatoms. The third kappa shape index (κ3) is 3.30. The van der Waals surface area contributed by atoms with Crippen molar-refractivity contribution in [2.75, 3.05) is 5.32 Å². The normalized spacial score (nSPS) is 19.1. The lowest BCUT2D eigenvalue weighted by atomic mass is 9.79. The maximum atomic E-state index is 13.3. The van der Waals surface area contributed by atoms with Crippen LogP contribution in [0.15, 0.2) is 6.20 Å². The molecule has 2 heterocycles. The summed E-state index contributed by atoms with van der Waals surface area (Å²) < 4.78 is 79.8. The number of aromatic nitrogens is 3. The van der Waals surface area contributed by atoms with Crippen LogP contribution in [-0.4, -0.2) is 26.8 Å². The van der Waals surface area contributed by atoms with E-state index in [1.165, 1.54) is 11.7 Å². The molecule has 1 N–H and O–H groups in total. The van der Waals surface area contributed by atoms with Gasteiger partial charge in [-0.15, -0.1) is 11.3 Å². The number of carbonyl (C=O) groups excluding carboxylic acids is 1. The summed E-state index contributed by atoms with van der Waals surface area (Å²) in [7, 11) is 1.44. The highest BCUT2D eigenvalue weighted by Crippen LogP contribution is 2.58. The predicted molar refractivity (Wildman–Crippen MR) is 92.3 cm³/mol. The minimum Gasteiger partial charge on any atom is -0.310 e. The van der Waals surface area contributed by atoms with Gasteiger partial charge in [0, 0.05) is 18.8 Å². The van der Waals surface area contributed by atoms with E-state index in [9.17, 15) is 31.1 Å². The number of carbonyl (C=O) groups is 1. The van der Waals surface area contributed by atoms with Gasteiger partial charge in [-0.2, -0.15) is 31.4 Å². The average Bonchev–Trinajstić information content (AvgIpc) is 3.14. The zero-order valence-corrected chi connectivity index (χ0v) is 15.9. The van der Waals surface area contributed by atoms with Crippen molar-refractivity contribution in [2.45, 2.75) is 50.4 Å². The molecule has 0 aliphatic heterocycles. The van der Waals surface area contributed by atoms with E-state index in [1.54, 1.807) is 0 Å². The second-order valence-electron chi connectivity index (χ2n) is 7.42. The Labute approximate surface area is 165 Å². The molecule has 2 aliphatic rings. The molecule has 0 aromatic carbocycles. The Morgan fingerprint density at radius 1 is 1.24 bits per heavy atom. The molecule has 1 amide bonds. The van der Waals surface area contributed by atoms with Gasteiger partial charge in [0.25, 0.3) is 0 Å². The summed E-state index contributed by atoms with van der Waals surface area (Å²) in [5, 5.41) is 5.56. The summed E-state index contributed by atoms with van der Waals surface area (Å²) in [6.07, 6.45) is -6.44. The molecule has 0 radical (unpaired) electrons. The fourth-order valence-corrected chi connectivity index (χ4v) is 4.24. The van der Waals surface area contributed by atoms with Crippen LogP contribution in [0.25, 0.3) is 10.6 Å². The Bertz CT molecular complexity index is 952. The van der Waals surface area contributed by atoms with Crippen molar-refractivity contribution in [2.24, 2.45) is 12.5 Å². The van der Waals surface area contributed by atoms with Crippen LogP contribution in [0.3, 0.4) is 0 Å². The van der Waals surface area contributed by atoms with Crippen LogP contribution >= 0.6 is 11.3 Å². The Morgan fingerprint density at radius 2 is 1.90 bits per heavy atom. The first kappa shape index (κ1) is 20.2. The van der Waals surface area contributed by atoms with Gasteiger partial charge < -0.3 is 5.32 Å². The number of alkyl halides is 6. The van der Waals surface area contributed by atoms with E-state index in [0.717, 1.165) is 25.5 Å². The molecule has 0 saturated heterocycles. The van der Waals surface area contributed by atoms with Crippen molar-refractivity contribution >= 4 is 23.1 Å². The van der Waals surface area contributed by atoms with E-state index in [0.29, 0.717) is 16.9 Å². The van der Waals surface area contributed by atoms with Gasteiger partial charge in [-0.25, -0.2) is 4.98 Å². The molecule has 4 rings (SSSR count). The molecule has 158 valence electrons. The minimum absolute atomic E-state index is 0.0912. The highest BCUT2D eigenvalue weighted by molar-refractivity contribution is 7.15. The lowest BCUT2D eigenvalue weighted by Gasteiger charge is -2.27. The van der Waals surface area contributed by atoms with Gasteiger partial charge in [-0.05, 0) is 31.6 Å². The van der Waals surface area contributed by atoms with Crippen molar-refractivity contribution in [3.05, 3.63) is 16.8 Å². The highest BCUT2D eigenvalue weighted by Gasteiger charge is 2.68. The number of halogens is 6. The van der Waals surface area contributed by atoms with Crippen molar-refractivity contribution in [3.8, 4) is 10.6 Å². The lowest BCUT2D eigenvalue weighted by molar-refractivity contribution is -0.189. The molecule has 2 aliphatic carbocycles. The van der Waals surface area contributed by atoms with Gasteiger partial charge in [0.1, 0.15) is 16.9 Å². The van der Waals surface area contributed by atoms with Gasteiger partial charge in [-0.1, -0.05) is 6.42 Å². The molecule has 2 aromatic rings. The maximum Gasteiger partial charge on any atom is 0.443 e. The summed E-state index contributed by atoms with van der Waals surface area (Å²) >= 11 is 0.417. The van der Waals surface area contributed by atoms with E-state index in [-0.39, 0.29) is 35.1 Å². The quantitative estimate of drug-likeness (QED) is 0.675. The smallest absolute Gasteiger partial charge is 0.310 e. The van der Waals surface area contributed by atoms with E-state index >= 15 is 0 Å². The number of hydrogen-bond acceptors (Lipinski definition) is 4.